The Morgan fingerprint density at radius 1 is 1.14 bits per heavy atom. The van der Waals surface area contributed by atoms with E-state index in [4.69, 9.17) is 4.74 Å². The van der Waals surface area contributed by atoms with Crippen molar-refractivity contribution in [2.24, 2.45) is 0 Å². The number of rotatable bonds is 7. The van der Waals surface area contributed by atoms with Gasteiger partial charge in [-0.3, -0.25) is 4.90 Å². The summed E-state index contributed by atoms with van der Waals surface area (Å²) in [5.41, 5.74) is 0. The number of piperidine rings is 1. The molecule has 1 aliphatic heterocycles. The molecule has 1 saturated heterocycles. The smallest absolute Gasteiger partial charge is 0.123 e. The van der Waals surface area contributed by atoms with Crippen LogP contribution in [-0.2, 0) is 0 Å². The lowest BCUT2D eigenvalue weighted by Gasteiger charge is -2.30. The number of hydrogen-bond acceptors (Lipinski definition) is 3. The molecule has 1 aromatic rings. The summed E-state index contributed by atoms with van der Waals surface area (Å²) in [7, 11) is 0. The molecule has 0 spiro atoms. The van der Waals surface area contributed by atoms with Gasteiger partial charge in [0, 0.05) is 25.2 Å². The Bertz CT molecular complexity index is 427. The molecule has 0 radical (unpaired) electrons. The Morgan fingerprint density at radius 3 is 2.62 bits per heavy atom. The van der Waals surface area contributed by atoms with E-state index in [0.29, 0.717) is 12.6 Å². The van der Waals surface area contributed by atoms with E-state index in [1.807, 2.05) is 0 Å². The van der Waals surface area contributed by atoms with E-state index < -0.39 is 0 Å². The predicted molar refractivity (Wildman–Crippen MR) is 82.1 cm³/mol. The lowest BCUT2D eigenvalue weighted by Crippen LogP contribution is -2.45. The maximum atomic E-state index is 12.8. The highest BCUT2D eigenvalue weighted by Gasteiger charge is 2.30. The minimum atomic E-state index is -0.217. The quantitative estimate of drug-likeness (QED) is 0.836. The maximum Gasteiger partial charge on any atom is 0.123 e. The van der Waals surface area contributed by atoms with E-state index in [9.17, 15) is 4.39 Å². The van der Waals surface area contributed by atoms with Crippen LogP contribution in [0.5, 0.6) is 5.75 Å². The highest BCUT2D eigenvalue weighted by Crippen LogP contribution is 2.27. The van der Waals surface area contributed by atoms with Gasteiger partial charge >= 0.3 is 0 Å². The summed E-state index contributed by atoms with van der Waals surface area (Å²) >= 11 is 0. The SMILES string of the molecule is Fc1ccc(OCCN(CC2CCCCN2)C2CC2)cc1. The largest absolute Gasteiger partial charge is 0.492 e. The van der Waals surface area contributed by atoms with Gasteiger partial charge in [0.2, 0.25) is 0 Å². The number of halogens is 1. The lowest BCUT2D eigenvalue weighted by molar-refractivity contribution is 0.176. The van der Waals surface area contributed by atoms with Gasteiger partial charge in [0.15, 0.2) is 0 Å². The molecule has 2 aliphatic rings. The number of hydrogen-bond donors (Lipinski definition) is 1. The normalized spacial score (nSPS) is 22.5. The van der Waals surface area contributed by atoms with Crippen molar-refractivity contribution in [1.29, 1.82) is 0 Å². The summed E-state index contributed by atoms with van der Waals surface area (Å²) in [6, 6.07) is 7.68. The first kappa shape index (κ1) is 14.8. The topological polar surface area (TPSA) is 24.5 Å². The molecule has 0 bridgehead atoms. The molecule has 1 atom stereocenters. The molecule has 0 amide bonds. The van der Waals surface area contributed by atoms with Crippen molar-refractivity contribution in [3.8, 4) is 5.75 Å². The number of ether oxygens (including phenoxy) is 1. The molecule has 2 fully saturated rings. The molecule has 1 saturated carbocycles. The third-order valence-electron chi connectivity index (χ3n) is 4.39. The average Bonchev–Trinajstić information content (AvgIpc) is 3.34. The first-order chi connectivity index (χ1) is 10.3. The van der Waals surface area contributed by atoms with Gasteiger partial charge in [-0.2, -0.15) is 0 Å². The number of nitrogens with one attached hydrogen (secondary N) is 1. The second kappa shape index (κ2) is 7.23. The zero-order valence-electron chi connectivity index (χ0n) is 12.6. The molecule has 1 heterocycles. The molecule has 3 rings (SSSR count). The summed E-state index contributed by atoms with van der Waals surface area (Å²) in [5.74, 6) is 0.535. The van der Waals surface area contributed by atoms with Gasteiger partial charge in [-0.25, -0.2) is 4.39 Å². The van der Waals surface area contributed by atoms with Crippen molar-refractivity contribution < 1.29 is 9.13 Å². The van der Waals surface area contributed by atoms with Crippen LogP contribution in [0.3, 0.4) is 0 Å². The first-order valence-electron chi connectivity index (χ1n) is 8.17. The Hall–Kier alpha value is -1.13. The van der Waals surface area contributed by atoms with Crippen LogP contribution >= 0.6 is 0 Å². The fraction of sp³-hybridized carbons (Fsp3) is 0.647. The summed E-state index contributed by atoms with van der Waals surface area (Å²) in [5, 5.41) is 3.62. The lowest BCUT2D eigenvalue weighted by atomic mass is 10.0. The second-order valence-corrected chi connectivity index (χ2v) is 6.18. The molecule has 1 aromatic carbocycles. The van der Waals surface area contributed by atoms with E-state index in [1.54, 1.807) is 12.1 Å². The average molecular weight is 292 g/mol. The zero-order chi connectivity index (χ0) is 14.5. The van der Waals surface area contributed by atoms with Crippen molar-refractivity contribution in [2.75, 3.05) is 26.2 Å². The molecule has 21 heavy (non-hydrogen) atoms. The molecule has 1 aliphatic carbocycles. The highest BCUT2D eigenvalue weighted by atomic mass is 19.1. The van der Waals surface area contributed by atoms with Gasteiger partial charge in [-0.15, -0.1) is 0 Å². The third kappa shape index (κ3) is 4.68. The Kier molecular flexibility index (Phi) is 5.09. The highest BCUT2D eigenvalue weighted by molar-refractivity contribution is 5.21. The fourth-order valence-electron chi connectivity index (χ4n) is 3.04. The van der Waals surface area contributed by atoms with Crippen molar-refractivity contribution in [1.82, 2.24) is 10.2 Å². The van der Waals surface area contributed by atoms with Crippen LogP contribution in [0.15, 0.2) is 24.3 Å². The fourth-order valence-corrected chi connectivity index (χ4v) is 3.04. The minimum absolute atomic E-state index is 0.217. The maximum absolute atomic E-state index is 12.8. The molecule has 1 N–H and O–H groups in total. The molecule has 1 unspecified atom stereocenters. The van der Waals surface area contributed by atoms with Crippen molar-refractivity contribution in [2.45, 2.75) is 44.2 Å². The molecular formula is C17H25FN2O. The van der Waals surface area contributed by atoms with Crippen LogP contribution in [0.25, 0.3) is 0 Å². The number of benzene rings is 1. The summed E-state index contributed by atoms with van der Waals surface area (Å²) in [6.07, 6.45) is 6.60. The Balaban J connectivity index is 1.43. The van der Waals surface area contributed by atoms with E-state index in [1.165, 1.54) is 44.2 Å². The van der Waals surface area contributed by atoms with E-state index in [-0.39, 0.29) is 5.82 Å². The molecule has 116 valence electrons. The minimum Gasteiger partial charge on any atom is -0.492 e. The van der Waals surface area contributed by atoms with Crippen LogP contribution in [-0.4, -0.2) is 43.2 Å². The van der Waals surface area contributed by atoms with Crippen LogP contribution in [0.4, 0.5) is 4.39 Å². The van der Waals surface area contributed by atoms with Gasteiger partial charge in [0.25, 0.3) is 0 Å². The third-order valence-corrected chi connectivity index (χ3v) is 4.39. The van der Waals surface area contributed by atoms with E-state index >= 15 is 0 Å². The first-order valence-corrected chi connectivity index (χ1v) is 8.17. The summed E-state index contributed by atoms with van der Waals surface area (Å²) in [6.45, 7) is 3.93. The van der Waals surface area contributed by atoms with Crippen LogP contribution in [0, 0.1) is 5.82 Å². The van der Waals surface area contributed by atoms with Gasteiger partial charge in [0.05, 0.1) is 0 Å². The zero-order valence-corrected chi connectivity index (χ0v) is 12.6. The van der Waals surface area contributed by atoms with Crippen molar-refractivity contribution in [3.05, 3.63) is 30.1 Å². The van der Waals surface area contributed by atoms with Crippen LogP contribution < -0.4 is 10.1 Å². The monoisotopic (exact) mass is 292 g/mol. The predicted octanol–water partition coefficient (Wildman–Crippen LogP) is 2.81. The van der Waals surface area contributed by atoms with Gasteiger partial charge in [-0.1, -0.05) is 6.42 Å². The van der Waals surface area contributed by atoms with Crippen molar-refractivity contribution in [3.63, 3.8) is 0 Å². The van der Waals surface area contributed by atoms with E-state index in [0.717, 1.165) is 31.4 Å². The Labute approximate surface area is 126 Å². The molecular weight excluding hydrogens is 267 g/mol. The van der Waals surface area contributed by atoms with Crippen molar-refractivity contribution >= 4 is 0 Å². The van der Waals surface area contributed by atoms with Gasteiger partial charge in [-0.05, 0) is 56.5 Å². The van der Waals surface area contributed by atoms with Crippen LogP contribution in [0.2, 0.25) is 0 Å². The van der Waals surface area contributed by atoms with Gasteiger partial charge < -0.3 is 10.1 Å². The van der Waals surface area contributed by atoms with Gasteiger partial charge in [0.1, 0.15) is 18.2 Å². The molecule has 3 nitrogen and oxygen atoms in total. The van der Waals surface area contributed by atoms with Crippen LogP contribution in [0.1, 0.15) is 32.1 Å². The van der Waals surface area contributed by atoms with E-state index in [2.05, 4.69) is 10.2 Å². The summed E-state index contributed by atoms with van der Waals surface area (Å²) in [4.78, 5) is 2.56. The molecule has 0 aromatic heterocycles. The standard InChI is InChI=1S/C17H25FN2O/c18-14-4-8-17(9-5-14)21-12-11-20(16-6-7-16)13-15-3-1-2-10-19-15/h4-5,8-9,15-16,19H,1-3,6-7,10-13H2. The summed E-state index contributed by atoms with van der Waals surface area (Å²) < 4.78 is 18.6. The Morgan fingerprint density at radius 2 is 1.95 bits per heavy atom. The number of nitrogens with zero attached hydrogens (tertiary/aromatic N) is 1. The molecule has 4 heteroatoms. The second-order valence-electron chi connectivity index (χ2n) is 6.18.